The number of imide groups is 1. The fourth-order valence-corrected chi connectivity index (χ4v) is 5.45. The lowest BCUT2D eigenvalue weighted by atomic mass is 10.0. The largest absolute Gasteiger partial charge is 0.290 e. The van der Waals surface area contributed by atoms with Crippen LogP contribution in [0.5, 0.6) is 0 Å². The van der Waals surface area contributed by atoms with Crippen LogP contribution in [0.2, 0.25) is 0 Å². The van der Waals surface area contributed by atoms with E-state index in [0.29, 0.717) is 10.8 Å². The molecule has 158 valence electrons. The van der Waals surface area contributed by atoms with E-state index < -0.39 is 0 Å². The van der Waals surface area contributed by atoms with Gasteiger partial charge in [-0.3, -0.25) is 19.9 Å². The highest BCUT2D eigenvalue weighted by atomic mass is 32.2. The van der Waals surface area contributed by atoms with Crippen molar-refractivity contribution in [1.29, 1.82) is 0 Å². The molecule has 0 spiro atoms. The fourth-order valence-electron chi connectivity index (χ4n) is 3.73. The first-order chi connectivity index (χ1) is 15.5. The number of hydrogen-bond acceptors (Lipinski definition) is 5. The van der Waals surface area contributed by atoms with E-state index in [1.165, 1.54) is 16.0 Å². The number of nitrogens with zero attached hydrogens (tertiary/aromatic N) is 1. The van der Waals surface area contributed by atoms with E-state index in [4.69, 9.17) is 0 Å². The second-order valence-electron chi connectivity index (χ2n) is 7.93. The number of carbonyl (C=O) groups is 2. The van der Waals surface area contributed by atoms with Crippen LogP contribution in [0.3, 0.4) is 0 Å². The number of rotatable bonds is 4. The predicted molar refractivity (Wildman–Crippen MR) is 134 cm³/mol. The molecule has 0 aliphatic carbocycles. The van der Waals surface area contributed by atoms with Gasteiger partial charge in [0.25, 0.3) is 11.1 Å². The average molecular weight is 457 g/mol. The molecular weight excluding hydrogens is 436 g/mol. The van der Waals surface area contributed by atoms with E-state index in [9.17, 15) is 9.59 Å². The molecule has 4 nitrogen and oxygen atoms in total. The highest BCUT2D eigenvalue weighted by Crippen LogP contribution is 2.38. The van der Waals surface area contributed by atoms with Crippen LogP contribution in [-0.2, 0) is 4.79 Å². The summed E-state index contributed by atoms with van der Waals surface area (Å²) in [6.07, 6.45) is 3.58. The summed E-state index contributed by atoms with van der Waals surface area (Å²) in [5.74, 6) is 0.138. The first kappa shape index (κ1) is 20.7. The topological polar surface area (TPSA) is 59.1 Å². The number of thiophene rings is 1. The molecule has 2 amide bonds. The van der Waals surface area contributed by atoms with Gasteiger partial charge in [-0.25, -0.2) is 0 Å². The third kappa shape index (κ3) is 3.99. The molecule has 5 rings (SSSR count). The molecule has 1 N–H and O–H groups in total. The number of carbonyl (C=O) groups excluding carboxylic acids is 2. The second kappa shape index (κ2) is 8.37. The van der Waals surface area contributed by atoms with E-state index in [-0.39, 0.29) is 11.1 Å². The highest BCUT2D eigenvalue weighted by Gasteiger charge is 2.25. The third-order valence-electron chi connectivity index (χ3n) is 5.41. The quantitative estimate of drug-likeness (QED) is 0.333. The Balaban J connectivity index is 1.55. The zero-order valence-corrected chi connectivity index (χ0v) is 19.2. The van der Waals surface area contributed by atoms with Gasteiger partial charge in [-0.1, -0.05) is 44.2 Å². The summed E-state index contributed by atoms with van der Waals surface area (Å²) in [6, 6.07) is 21.0. The lowest BCUT2D eigenvalue weighted by Crippen LogP contribution is -2.17. The van der Waals surface area contributed by atoms with Crippen molar-refractivity contribution in [3.8, 4) is 20.9 Å². The Morgan fingerprint density at radius 3 is 2.59 bits per heavy atom. The summed E-state index contributed by atoms with van der Waals surface area (Å²) in [4.78, 5) is 30.7. The Hall–Kier alpha value is -3.22. The maximum absolute atomic E-state index is 11.9. The molecule has 6 heteroatoms. The van der Waals surface area contributed by atoms with Gasteiger partial charge in [-0.15, -0.1) is 11.3 Å². The van der Waals surface area contributed by atoms with Crippen molar-refractivity contribution in [3.05, 3.63) is 82.9 Å². The molecule has 1 aliphatic heterocycles. The Labute approximate surface area is 194 Å². The number of thioether (sulfide) groups is 1. The van der Waals surface area contributed by atoms with Crippen LogP contribution in [0.1, 0.15) is 30.9 Å². The summed E-state index contributed by atoms with van der Waals surface area (Å²) in [7, 11) is 0. The van der Waals surface area contributed by atoms with Crippen molar-refractivity contribution in [2.45, 2.75) is 19.8 Å². The number of pyridine rings is 1. The molecule has 1 fully saturated rings. The minimum Gasteiger partial charge on any atom is -0.282 e. The highest BCUT2D eigenvalue weighted by molar-refractivity contribution is 8.18. The van der Waals surface area contributed by atoms with Crippen molar-refractivity contribution in [1.82, 2.24) is 10.3 Å². The van der Waals surface area contributed by atoms with E-state index in [2.05, 4.69) is 60.5 Å². The molecule has 1 saturated heterocycles. The van der Waals surface area contributed by atoms with Gasteiger partial charge in [-0.2, -0.15) is 0 Å². The normalized spacial score (nSPS) is 15.2. The smallest absolute Gasteiger partial charge is 0.282 e. The molecule has 2 aromatic heterocycles. The lowest BCUT2D eigenvalue weighted by Gasteiger charge is -2.07. The number of hydrogen-bond donors (Lipinski definition) is 1. The Kier molecular flexibility index (Phi) is 5.41. The van der Waals surface area contributed by atoms with Gasteiger partial charge in [0.05, 0.1) is 10.4 Å². The maximum atomic E-state index is 11.9. The third-order valence-corrected chi connectivity index (χ3v) is 7.39. The second-order valence-corrected chi connectivity index (χ2v) is 10.0. The number of nitrogens with one attached hydrogen (secondary N) is 1. The van der Waals surface area contributed by atoms with Crippen molar-refractivity contribution in [2.24, 2.45) is 0 Å². The number of benzene rings is 2. The minimum absolute atomic E-state index is 0.336. The van der Waals surface area contributed by atoms with Crippen LogP contribution in [0, 0.1) is 0 Å². The number of amides is 2. The van der Waals surface area contributed by atoms with Gasteiger partial charge in [0, 0.05) is 26.9 Å². The van der Waals surface area contributed by atoms with Crippen molar-refractivity contribution < 1.29 is 9.59 Å². The zero-order chi connectivity index (χ0) is 22.2. The molecular formula is C26H20N2O2S2. The van der Waals surface area contributed by atoms with E-state index >= 15 is 0 Å². The van der Waals surface area contributed by atoms with Crippen LogP contribution < -0.4 is 5.32 Å². The van der Waals surface area contributed by atoms with Crippen molar-refractivity contribution in [2.75, 3.05) is 0 Å². The molecule has 3 heterocycles. The van der Waals surface area contributed by atoms with Crippen LogP contribution in [-0.4, -0.2) is 16.1 Å². The van der Waals surface area contributed by atoms with Crippen LogP contribution in [0.4, 0.5) is 4.79 Å². The molecule has 2 aromatic carbocycles. The van der Waals surface area contributed by atoms with E-state index in [1.54, 1.807) is 17.4 Å². The van der Waals surface area contributed by atoms with Gasteiger partial charge >= 0.3 is 0 Å². The first-order valence-electron chi connectivity index (χ1n) is 10.3. The Morgan fingerprint density at radius 2 is 1.81 bits per heavy atom. The Bertz CT molecular complexity index is 1400. The van der Waals surface area contributed by atoms with Gasteiger partial charge in [-0.05, 0) is 70.8 Å². The molecule has 0 radical (unpaired) electrons. The zero-order valence-electron chi connectivity index (χ0n) is 17.6. The maximum Gasteiger partial charge on any atom is 0.290 e. The monoisotopic (exact) mass is 456 g/mol. The average Bonchev–Trinajstić information content (AvgIpc) is 3.40. The summed E-state index contributed by atoms with van der Waals surface area (Å²) in [5.41, 5.74) is 5.41. The number of aromatic nitrogens is 1. The minimum atomic E-state index is -0.349. The summed E-state index contributed by atoms with van der Waals surface area (Å²) >= 11 is 2.68. The molecule has 0 bridgehead atoms. The number of fused-ring (bicyclic) bond motifs is 1. The molecule has 0 unspecified atom stereocenters. The summed E-state index contributed by atoms with van der Waals surface area (Å²) in [5, 5.41) is 2.98. The molecule has 0 atom stereocenters. The molecule has 0 saturated carbocycles. The fraction of sp³-hybridized carbons (Fsp3) is 0.115. The van der Waals surface area contributed by atoms with Crippen molar-refractivity contribution >= 4 is 51.2 Å². The van der Waals surface area contributed by atoms with E-state index in [1.807, 2.05) is 30.5 Å². The summed E-state index contributed by atoms with van der Waals surface area (Å²) < 4.78 is 0. The van der Waals surface area contributed by atoms with Crippen LogP contribution >= 0.6 is 23.1 Å². The Morgan fingerprint density at radius 1 is 0.969 bits per heavy atom. The van der Waals surface area contributed by atoms with Gasteiger partial charge < -0.3 is 0 Å². The molecule has 32 heavy (non-hydrogen) atoms. The van der Waals surface area contributed by atoms with E-state index in [0.717, 1.165) is 38.7 Å². The standard InChI is InChI=1S/C26H20N2O2S2/c1-15(2)17-4-3-5-18(14-17)22-8-9-23(31-22)19-10-11-27-21-7-6-16(12-20(19)21)13-24-25(29)28-26(30)32-24/h3-15H,1-2H3,(H,28,29,30). The SMILES string of the molecule is CC(C)c1cccc(-c2ccc(-c3ccnc4ccc(C=C5SC(=O)NC5=O)cc34)s2)c1. The van der Waals surface area contributed by atoms with Gasteiger partial charge in [0.2, 0.25) is 0 Å². The van der Waals surface area contributed by atoms with Crippen molar-refractivity contribution in [3.63, 3.8) is 0 Å². The molecule has 4 aromatic rings. The van der Waals surface area contributed by atoms with Gasteiger partial charge in [0.1, 0.15) is 0 Å². The molecule has 1 aliphatic rings. The van der Waals surface area contributed by atoms with Crippen LogP contribution in [0.25, 0.3) is 37.9 Å². The lowest BCUT2D eigenvalue weighted by molar-refractivity contribution is -0.115. The van der Waals surface area contributed by atoms with Gasteiger partial charge in [0.15, 0.2) is 0 Å². The summed E-state index contributed by atoms with van der Waals surface area (Å²) in [6.45, 7) is 4.41. The first-order valence-corrected chi connectivity index (χ1v) is 12.0. The predicted octanol–water partition coefficient (Wildman–Crippen LogP) is 7.08. The van der Waals surface area contributed by atoms with Crippen LogP contribution in [0.15, 0.2) is 71.8 Å².